The van der Waals surface area contributed by atoms with E-state index in [4.69, 9.17) is 11.6 Å². The summed E-state index contributed by atoms with van der Waals surface area (Å²) in [5.74, 6) is 0. The maximum atomic E-state index is 11.8. The molecule has 0 spiro atoms. The van der Waals surface area contributed by atoms with E-state index in [0.29, 0.717) is 6.54 Å². The lowest BCUT2D eigenvalue weighted by molar-refractivity contribution is 0.252. The molecule has 0 heterocycles. The van der Waals surface area contributed by atoms with Gasteiger partial charge in [0.1, 0.15) is 0 Å². The van der Waals surface area contributed by atoms with Crippen molar-refractivity contribution in [3.8, 4) is 0 Å². The third-order valence-electron chi connectivity index (χ3n) is 3.25. The van der Waals surface area contributed by atoms with Gasteiger partial charge in [-0.1, -0.05) is 23.7 Å². The number of carbonyl (C=O) groups is 1. The van der Waals surface area contributed by atoms with Gasteiger partial charge in [-0.05, 0) is 48.4 Å². The Morgan fingerprint density at radius 2 is 1.68 bits per heavy atom. The molecule has 5 heteroatoms. The Balaban J connectivity index is 1.76. The first-order valence-electron chi connectivity index (χ1n) is 7.11. The van der Waals surface area contributed by atoms with Crippen molar-refractivity contribution in [1.82, 2.24) is 5.32 Å². The number of nitrogens with zero attached hydrogens (tertiary/aromatic N) is 1. The van der Waals surface area contributed by atoms with Gasteiger partial charge in [0, 0.05) is 37.0 Å². The van der Waals surface area contributed by atoms with E-state index in [9.17, 15) is 4.79 Å². The van der Waals surface area contributed by atoms with Gasteiger partial charge in [-0.15, -0.1) is 0 Å². The lowest BCUT2D eigenvalue weighted by Crippen LogP contribution is -2.30. The van der Waals surface area contributed by atoms with Crippen molar-refractivity contribution in [3.63, 3.8) is 0 Å². The second kappa shape index (κ2) is 7.71. The number of rotatable bonds is 5. The van der Waals surface area contributed by atoms with E-state index in [-0.39, 0.29) is 6.03 Å². The lowest BCUT2D eigenvalue weighted by atomic mass is 10.1. The summed E-state index contributed by atoms with van der Waals surface area (Å²) in [6, 6.07) is 15.1. The fraction of sp³-hybridized carbons (Fsp3) is 0.235. The molecule has 0 fully saturated rings. The van der Waals surface area contributed by atoms with E-state index in [1.807, 2.05) is 67.5 Å². The molecule has 0 bridgehead atoms. The number of hydrogen-bond acceptors (Lipinski definition) is 2. The average Bonchev–Trinajstić information content (AvgIpc) is 2.50. The highest BCUT2D eigenvalue weighted by atomic mass is 35.5. The fourth-order valence-electron chi connectivity index (χ4n) is 1.99. The van der Waals surface area contributed by atoms with Crippen molar-refractivity contribution in [2.75, 3.05) is 30.9 Å². The van der Waals surface area contributed by atoms with Crippen LogP contribution >= 0.6 is 11.6 Å². The number of urea groups is 1. The first-order valence-corrected chi connectivity index (χ1v) is 7.49. The van der Waals surface area contributed by atoms with Crippen LogP contribution in [0.3, 0.4) is 0 Å². The van der Waals surface area contributed by atoms with Crippen LogP contribution in [0.2, 0.25) is 5.02 Å². The Bertz CT molecular complexity index is 609. The van der Waals surface area contributed by atoms with Crippen LogP contribution in [0.5, 0.6) is 0 Å². The highest BCUT2D eigenvalue weighted by Crippen LogP contribution is 2.15. The van der Waals surface area contributed by atoms with Crippen LogP contribution in [-0.4, -0.2) is 26.7 Å². The summed E-state index contributed by atoms with van der Waals surface area (Å²) in [6.45, 7) is 0.573. The Labute approximate surface area is 136 Å². The molecule has 4 nitrogen and oxygen atoms in total. The van der Waals surface area contributed by atoms with Crippen LogP contribution in [0.15, 0.2) is 48.5 Å². The third-order valence-corrected chi connectivity index (χ3v) is 3.51. The van der Waals surface area contributed by atoms with Gasteiger partial charge in [0.15, 0.2) is 0 Å². The maximum Gasteiger partial charge on any atom is 0.319 e. The van der Waals surface area contributed by atoms with Crippen molar-refractivity contribution in [3.05, 3.63) is 59.1 Å². The van der Waals surface area contributed by atoms with Crippen LogP contribution in [0.25, 0.3) is 0 Å². The van der Waals surface area contributed by atoms with Crippen LogP contribution in [0, 0.1) is 0 Å². The second-order valence-electron chi connectivity index (χ2n) is 5.20. The monoisotopic (exact) mass is 317 g/mol. The molecule has 116 valence electrons. The zero-order valence-electron chi connectivity index (χ0n) is 12.8. The summed E-state index contributed by atoms with van der Waals surface area (Å²) in [5, 5.41) is 6.37. The third kappa shape index (κ3) is 4.97. The van der Waals surface area contributed by atoms with Crippen molar-refractivity contribution < 1.29 is 4.79 Å². The zero-order valence-corrected chi connectivity index (χ0v) is 13.5. The Hall–Kier alpha value is -2.20. The van der Waals surface area contributed by atoms with Gasteiger partial charge in [0.05, 0.1) is 0 Å². The molecule has 0 aliphatic heterocycles. The number of nitrogens with one attached hydrogen (secondary N) is 2. The van der Waals surface area contributed by atoms with E-state index < -0.39 is 0 Å². The Morgan fingerprint density at radius 1 is 1.05 bits per heavy atom. The molecule has 2 aromatic rings. The molecule has 0 aliphatic carbocycles. The van der Waals surface area contributed by atoms with Gasteiger partial charge >= 0.3 is 6.03 Å². The minimum absolute atomic E-state index is 0.202. The SMILES string of the molecule is CN(C)c1ccc(NC(=O)NCCc2ccc(Cl)cc2)cc1. The molecule has 0 radical (unpaired) electrons. The van der Waals surface area contributed by atoms with Crippen molar-refractivity contribution in [1.29, 1.82) is 0 Å². The molecule has 2 rings (SSSR count). The predicted octanol–water partition coefficient (Wildman–Crippen LogP) is 3.77. The minimum atomic E-state index is -0.202. The van der Waals surface area contributed by atoms with Crippen molar-refractivity contribution >= 4 is 29.0 Å². The van der Waals surface area contributed by atoms with Gasteiger partial charge < -0.3 is 15.5 Å². The molecule has 0 saturated heterocycles. The molecule has 22 heavy (non-hydrogen) atoms. The summed E-state index contributed by atoms with van der Waals surface area (Å²) in [4.78, 5) is 13.8. The van der Waals surface area contributed by atoms with Gasteiger partial charge in [-0.2, -0.15) is 0 Å². The van der Waals surface area contributed by atoms with Gasteiger partial charge in [-0.3, -0.25) is 0 Å². The summed E-state index contributed by atoms with van der Waals surface area (Å²) in [7, 11) is 3.96. The maximum absolute atomic E-state index is 11.8. The van der Waals surface area contributed by atoms with E-state index >= 15 is 0 Å². The summed E-state index contributed by atoms with van der Waals surface area (Å²) in [6.07, 6.45) is 0.768. The van der Waals surface area contributed by atoms with Crippen LogP contribution in [-0.2, 0) is 6.42 Å². The number of carbonyl (C=O) groups excluding carboxylic acids is 1. The van der Waals surface area contributed by atoms with E-state index in [1.165, 1.54) is 0 Å². The minimum Gasteiger partial charge on any atom is -0.378 e. The first-order chi connectivity index (χ1) is 10.5. The second-order valence-corrected chi connectivity index (χ2v) is 5.64. The molecule has 0 aromatic heterocycles. The number of halogens is 1. The van der Waals surface area contributed by atoms with Crippen LogP contribution < -0.4 is 15.5 Å². The van der Waals surface area contributed by atoms with E-state index in [1.54, 1.807) is 0 Å². The Morgan fingerprint density at radius 3 is 2.27 bits per heavy atom. The Kier molecular flexibility index (Phi) is 5.67. The summed E-state index contributed by atoms with van der Waals surface area (Å²) >= 11 is 5.83. The largest absolute Gasteiger partial charge is 0.378 e. The topological polar surface area (TPSA) is 44.4 Å². The molecule has 0 unspecified atom stereocenters. The van der Waals surface area contributed by atoms with E-state index in [0.717, 1.165) is 28.4 Å². The van der Waals surface area contributed by atoms with Crippen molar-refractivity contribution in [2.45, 2.75) is 6.42 Å². The number of amides is 2. The molecule has 2 amide bonds. The predicted molar refractivity (Wildman–Crippen MR) is 92.9 cm³/mol. The highest BCUT2D eigenvalue weighted by Gasteiger charge is 2.02. The number of anilines is 2. The molecule has 0 aliphatic rings. The standard InChI is InChI=1S/C17H20ClN3O/c1-21(2)16-9-7-15(8-10-16)20-17(22)19-12-11-13-3-5-14(18)6-4-13/h3-10H,11-12H2,1-2H3,(H2,19,20,22). The number of hydrogen-bond donors (Lipinski definition) is 2. The van der Waals surface area contributed by atoms with Gasteiger partial charge in [0.2, 0.25) is 0 Å². The molecule has 2 N–H and O–H groups in total. The smallest absolute Gasteiger partial charge is 0.319 e. The van der Waals surface area contributed by atoms with Gasteiger partial charge in [-0.25, -0.2) is 4.79 Å². The highest BCUT2D eigenvalue weighted by molar-refractivity contribution is 6.30. The first kappa shape index (κ1) is 16.2. The molecule has 0 saturated carbocycles. The van der Waals surface area contributed by atoms with E-state index in [2.05, 4.69) is 10.6 Å². The summed E-state index contributed by atoms with van der Waals surface area (Å²) in [5.41, 5.74) is 3.00. The zero-order chi connectivity index (χ0) is 15.9. The van der Waals surface area contributed by atoms with Gasteiger partial charge in [0.25, 0.3) is 0 Å². The normalized spacial score (nSPS) is 10.1. The summed E-state index contributed by atoms with van der Waals surface area (Å²) < 4.78 is 0. The molecule has 2 aromatic carbocycles. The average molecular weight is 318 g/mol. The molecular weight excluding hydrogens is 298 g/mol. The molecule has 0 atom stereocenters. The fourth-order valence-corrected chi connectivity index (χ4v) is 2.12. The van der Waals surface area contributed by atoms with Crippen molar-refractivity contribution in [2.24, 2.45) is 0 Å². The van der Waals surface area contributed by atoms with Crippen LogP contribution in [0.1, 0.15) is 5.56 Å². The number of benzene rings is 2. The quantitative estimate of drug-likeness (QED) is 0.881. The molecular formula is C17H20ClN3O. The lowest BCUT2D eigenvalue weighted by Gasteiger charge is -2.13. The van der Waals surface area contributed by atoms with Crippen LogP contribution in [0.4, 0.5) is 16.2 Å².